The first-order chi connectivity index (χ1) is 12.1. The zero-order chi connectivity index (χ0) is 17.3. The summed E-state index contributed by atoms with van der Waals surface area (Å²) in [7, 11) is -2.93. The van der Waals surface area contributed by atoms with Gasteiger partial charge in [-0.15, -0.1) is 0 Å². The van der Waals surface area contributed by atoms with Gasteiger partial charge in [0.05, 0.1) is 11.5 Å². The number of ether oxygens (including phenoxy) is 2. The number of hydrogen-bond acceptors (Lipinski definition) is 8. The Morgan fingerprint density at radius 3 is 2.76 bits per heavy atom. The largest absolute Gasteiger partial charge is 0.486 e. The molecule has 1 aromatic carbocycles. The second-order valence-electron chi connectivity index (χ2n) is 5.99. The molecule has 1 unspecified atom stereocenters. The van der Waals surface area contributed by atoms with Crippen LogP contribution in [0.1, 0.15) is 6.42 Å². The monoisotopic (exact) mass is 362 g/mol. The van der Waals surface area contributed by atoms with Crippen LogP contribution in [0.5, 0.6) is 11.5 Å². The normalized spacial score (nSPS) is 20.9. The average Bonchev–Trinajstić information content (AvgIpc) is 2.93. The van der Waals surface area contributed by atoms with Crippen LogP contribution in [0.4, 0.5) is 17.5 Å². The van der Waals surface area contributed by atoms with Crippen molar-refractivity contribution in [3.63, 3.8) is 0 Å². The Labute approximate surface area is 145 Å². The number of anilines is 3. The van der Waals surface area contributed by atoms with Gasteiger partial charge in [0.2, 0.25) is 5.95 Å². The minimum atomic E-state index is -2.93. The van der Waals surface area contributed by atoms with Crippen molar-refractivity contribution < 1.29 is 17.9 Å². The summed E-state index contributed by atoms with van der Waals surface area (Å²) in [5.74, 6) is 2.77. The number of nitrogens with zero attached hydrogens (tertiary/aromatic N) is 2. The van der Waals surface area contributed by atoms with E-state index in [0.29, 0.717) is 37.2 Å². The van der Waals surface area contributed by atoms with E-state index in [1.165, 1.54) is 0 Å². The average molecular weight is 362 g/mol. The third-order valence-corrected chi connectivity index (χ3v) is 5.81. The van der Waals surface area contributed by atoms with Gasteiger partial charge in [0.1, 0.15) is 19.0 Å². The zero-order valence-corrected chi connectivity index (χ0v) is 14.3. The quantitative estimate of drug-likeness (QED) is 0.845. The van der Waals surface area contributed by atoms with Crippen LogP contribution in [0.2, 0.25) is 0 Å². The lowest BCUT2D eigenvalue weighted by molar-refractivity contribution is 0.171. The van der Waals surface area contributed by atoms with Crippen molar-refractivity contribution in [1.29, 1.82) is 0 Å². The number of sulfone groups is 1. The van der Waals surface area contributed by atoms with E-state index in [4.69, 9.17) is 9.47 Å². The Balaban J connectivity index is 1.46. The summed E-state index contributed by atoms with van der Waals surface area (Å²) in [4.78, 5) is 8.59. The number of hydrogen-bond donors (Lipinski definition) is 2. The summed E-state index contributed by atoms with van der Waals surface area (Å²) >= 11 is 0. The van der Waals surface area contributed by atoms with Gasteiger partial charge in [-0.1, -0.05) is 0 Å². The van der Waals surface area contributed by atoms with Gasteiger partial charge in [-0.2, -0.15) is 4.98 Å². The number of fused-ring (bicyclic) bond motifs is 1. The third kappa shape index (κ3) is 3.76. The first kappa shape index (κ1) is 15.9. The molecule has 2 aliphatic rings. The molecule has 0 aliphatic carbocycles. The molecular formula is C16H18N4O4S. The smallest absolute Gasteiger partial charge is 0.229 e. The van der Waals surface area contributed by atoms with Gasteiger partial charge in [0, 0.05) is 24.0 Å². The number of rotatable bonds is 4. The van der Waals surface area contributed by atoms with Crippen molar-refractivity contribution in [2.24, 2.45) is 0 Å². The van der Waals surface area contributed by atoms with E-state index in [1.807, 2.05) is 18.2 Å². The van der Waals surface area contributed by atoms with Gasteiger partial charge in [-0.3, -0.25) is 0 Å². The SMILES string of the molecule is O=S1(=O)CCC(Nc2ccnc(Nc3ccc4c(c3)OCCO4)n2)C1. The summed E-state index contributed by atoms with van der Waals surface area (Å²) in [6.07, 6.45) is 2.22. The van der Waals surface area contributed by atoms with Crippen molar-refractivity contribution >= 4 is 27.3 Å². The topological polar surface area (TPSA) is 102 Å². The molecule has 2 aromatic rings. The highest BCUT2D eigenvalue weighted by Crippen LogP contribution is 2.33. The number of nitrogens with one attached hydrogen (secondary N) is 2. The number of benzene rings is 1. The second-order valence-corrected chi connectivity index (χ2v) is 8.22. The van der Waals surface area contributed by atoms with Crippen molar-refractivity contribution in [2.45, 2.75) is 12.5 Å². The van der Waals surface area contributed by atoms with Crippen LogP contribution in [0.15, 0.2) is 30.5 Å². The highest BCUT2D eigenvalue weighted by atomic mass is 32.2. The van der Waals surface area contributed by atoms with Crippen molar-refractivity contribution in [3.8, 4) is 11.5 Å². The highest BCUT2D eigenvalue weighted by molar-refractivity contribution is 7.91. The van der Waals surface area contributed by atoms with E-state index in [2.05, 4.69) is 20.6 Å². The lowest BCUT2D eigenvalue weighted by Crippen LogP contribution is -2.21. The van der Waals surface area contributed by atoms with Crippen LogP contribution >= 0.6 is 0 Å². The molecule has 1 fully saturated rings. The van der Waals surface area contributed by atoms with Crippen LogP contribution in [-0.2, 0) is 9.84 Å². The maximum absolute atomic E-state index is 11.5. The van der Waals surface area contributed by atoms with Crippen LogP contribution in [-0.4, -0.2) is 49.1 Å². The molecule has 0 saturated carbocycles. The van der Waals surface area contributed by atoms with E-state index in [9.17, 15) is 8.42 Å². The van der Waals surface area contributed by atoms with Gasteiger partial charge in [-0.05, 0) is 24.6 Å². The van der Waals surface area contributed by atoms with E-state index in [0.717, 1.165) is 11.4 Å². The van der Waals surface area contributed by atoms with Crippen molar-refractivity contribution in [1.82, 2.24) is 9.97 Å². The summed E-state index contributed by atoms with van der Waals surface area (Å²) in [5.41, 5.74) is 0.782. The van der Waals surface area contributed by atoms with Crippen LogP contribution in [0.25, 0.3) is 0 Å². The summed E-state index contributed by atoms with van der Waals surface area (Å²) in [5, 5.41) is 6.28. The predicted molar refractivity (Wildman–Crippen MR) is 93.4 cm³/mol. The van der Waals surface area contributed by atoms with Gasteiger partial charge in [0.15, 0.2) is 21.3 Å². The molecule has 0 bridgehead atoms. The third-order valence-electron chi connectivity index (χ3n) is 4.04. The molecule has 132 valence electrons. The minimum Gasteiger partial charge on any atom is -0.486 e. The molecular weight excluding hydrogens is 344 g/mol. The lowest BCUT2D eigenvalue weighted by atomic mass is 10.2. The molecule has 9 heteroatoms. The van der Waals surface area contributed by atoms with E-state index < -0.39 is 9.84 Å². The van der Waals surface area contributed by atoms with E-state index in [-0.39, 0.29) is 17.5 Å². The van der Waals surface area contributed by atoms with Crippen molar-refractivity contribution in [2.75, 3.05) is 35.4 Å². The maximum Gasteiger partial charge on any atom is 0.229 e. The molecule has 0 amide bonds. The molecule has 1 atom stereocenters. The van der Waals surface area contributed by atoms with Crippen LogP contribution in [0, 0.1) is 0 Å². The fraction of sp³-hybridized carbons (Fsp3) is 0.375. The molecule has 4 rings (SSSR count). The standard InChI is InChI=1S/C16H18N4O4S/c21-25(22)8-4-12(10-25)18-15-3-5-17-16(20-15)19-11-1-2-13-14(9-11)24-7-6-23-13/h1-3,5,9,12H,4,6-8,10H2,(H2,17,18,19,20). The predicted octanol–water partition coefficient (Wildman–Crippen LogP) is 1.59. The molecule has 2 N–H and O–H groups in total. The summed E-state index contributed by atoms with van der Waals surface area (Å²) in [6, 6.07) is 7.15. The van der Waals surface area contributed by atoms with Gasteiger partial charge < -0.3 is 20.1 Å². The Morgan fingerprint density at radius 1 is 1.12 bits per heavy atom. The summed E-state index contributed by atoms with van der Waals surface area (Å²) < 4.78 is 34.2. The van der Waals surface area contributed by atoms with Crippen LogP contribution in [0.3, 0.4) is 0 Å². The molecule has 1 saturated heterocycles. The first-order valence-corrected chi connectivity index (χ1v) is 9.86. The zero-order valence-electron chi connectivity index (χ0n) is 13.4. The Morgan fingerprint density at radius 2 is 1.96 bits per heavy atom. The molecule has 8 nitrogen and oxygen atoms in total. The molecule has 2 aliphatic heterocycles. The van der Waals surface area contributed by atoms with Crippen molar-refractivity contribution in [3.05, 3.63) is 30.5 Å². The maximum atomic E-state index is 11.5. The molecule has 25 heavy (non-hydrogen) atoms. The highest BCUT2D eigenvalue weighted by Gasteiger charge is 2.27. The fourth-order valence-electron chi connectivity index (χ4n) is 2.87. The van der Waals surface area contributed by atoms with Gasteiger partial charge >= 0.3 is 0 Å². The first-order valence-electron chi connectivity index (χ1n) is 8.04. The fourth-order valence-corrected chi connectivity index (χ4v) is 4.54. The Kier molecular flexibility index (Phi) is 4.08. The molecule has 3 heterocycles. The Bertz CT molecular complexity index is 887. The van der Waals surface area contributed by atoms with E-state index in [1.54, 1.807) is 12.3 Å². The van der Waals surface area contributed by atoms with Crippen LogP contribution < -0.4 is 20.1 Å². The lowest BCUT2D eigenvalue weighted by Gasteiger charge is -2.19. The van der Waals surface area contributed by atoms with Gasteiger partial charge in [-0.25, -0.2) is 13.4 Å². The molecule has 0 spiro atoms. The van der Waals surface area contributed by atoms with E-state index >= 15 is 0 Å². The Hall–Kier alpha value is -2.55. The molecule has 1 aromatic heterocycles. The number of aromatic nitrogens is 2. The minimum absolute atomic E-state index is 0.109. The summed E-state index contributed by atoms with van der Waals surface area (Å²) in [6.45, 7) is 1.07. The molecule has 0 radical (unpaired) electrons. The van der Waals surface area contributed by atoms with Gasteiger partial charge in [0.25, 0.3) is 0 Å². The second kappa shape index (κ2) is 6.40.